The lowest BCUT2D eigenvalue weighted by Crippen LogP contribution is -2.45. The van der Waals surface area contributed by atoms with Gasteiger partial charge in [0, 0.05) is 30.4 Å². The quantitative estimate of drug-likeness (QED) is 0.431. The number of aromatic nitrogens is 4. The first kappa shape index (κ1) is 24.3. The normalized spacial score (nSPS) is 15.7. The number of anilines is 1. The molecule has 1 atom stereocenters. The third-order valence-corrected chi connectivity index (χ3v) is 5.22. The molecule has 0 aliphatic carbocycles. The highest BCUT2D eigenvalue weighted by molar-refractivity contribution is 5.96. The van der Waals surface area contributed by atoms with Crippen molar-refractivity contribution < 1.29 is 27.1 Å². The molecule has 3 aromatic heterocycles. The summed E-state index contributed by atoms with van der Waals surface area (Å²) >= 11 is 0. The van der Waals surface area contributed by atoms with Crippen LogP contribution < -0.4 is 21.1 Å². The van der Waals surface area contributed by atoms with Gasteiger partial charge in [-0.15, -0.1) is 0 Å². The van der Waals surface area contributed by atoms with E-state index < -0.39 is 42.2 Å². The number of carbonyl (C=O) groups excluding carboxylic acids is 1. The van der Waals surface area contributed by atoms with Crippen molar-refractivity contribution in [3.05, 3.63) is 47.9 Å². The van der Waals surface area contributed by atoms with Crippen LogP contribution in [-0.4, -0.2) is 58.0 Å². The average Bonchev–Trinajstić information content (AvgIpc) is 2.85. The second kappa shape index (κ2) is 10.6. The molecule has 1 fully saturated rings. The van der Waals surface area contributed by atoms with Crippen LogP contribution in [0.15, 0.2) is 30.6 Å². The fourth-order valence-corrected chi connectivity index (χ4v) is 3.51. The van der Waals surface area contributed by atoms with Gasteiger partial charge in [0.05, 0.1) is 17.5 Å². The summed E-state index contributed by atoms with van der Waals surface area (Å²) in [6, 6.07) is 3.82. The summed E-state index contributed by atoms with van der Waals surface area (Å²) in [5.74, 6) is -3.34. The summed E-state index contributed by atoms with van der Waals surface area (Å²) in [7, 11) is 0. The Morgan fingerprint density at radius 2 is 2.03 bits per heavy atom. The smallest absolute Gasteiger partial charge is 0.272 e. The van der Waals surface area contributed by atoms with Gasteiger partial charge in [0.2, 0.25) is 5.88 Å². The molecule has 3 aromatic rings. The van der Waals surface area contributed by atoms with E-state index in [0.29, 0.717) is 12.1 Å². The van der Waals surface area contributed by atoms with E-state index in [1.807, 2.05) is 0 Å². The number of nitrogens with zero attached hydrogens (tertiary/aromatic N) is 4. The number of pyridine rings is 2. The zero-order chi connectivity index (χ0) is 24.9. The second-order valence-corrected chi connectivity index (χ2v) is 7.75. The highest BCUT2D eigenvalue weighted by Gasteiger charge is 2.24. The van der Waals surface area contributed by atoms with Crippen LogP contribution in [0.5, 0.6) is 5.88 Å². The number of ether oxygens (including phenoxy) is 1. The number of hydrogen-bond donors (Lipinski definition) is 3. The predicted octanol–water partition coefficient (Wildman–Crippen LogP) is 2.59. The maximum absolute atomic E-state index is 15.5. The first-order chi connectivity index (χ1) is 16.8. The van der Waals surface area contributed by atoms with Gasteiger partial charge in [-0.3, -0.25) is 4.79 Å². The number of alkyl halides is 2. The predicted molar refractivity (Wildman–Crippen MR) is 118 cm³/mol. The zero-order valence-corrected chi connectivity index (χ0v) is 18.3. The van der Waals surface area contributed by atoms with Crippen LogP contribution in [0, 0.1) is 11.8 Å². The number of piperidine rings is 1. The Hall–Kier alpha value is -3.87. The molecule has 35 heavy (non-hydrogen) atoms. The molecule has 0 aromatic carbocycles. The lowest BCUT2D eigenvalue weighted by Gasteiger charge is -2.24. The largest absolute Gasteiger partial charge is 0.472 e. The minimum atomic E-state index is -2.67. The Morgan fingerprint density at radius 1 is 1.20 bits per heavy atom. The number of amides is 1. The Bertz CT molecular complexity index is 1210. The molecule has 1 amide bonds. The molecular formula is C22H21F4N7O2. The van der Waals surface area contributed by atoms with Crippen molar-refractivity contribution in [2.24, 2.45) is 0 Å². The fraction of sp³-hybridized carbons (Fsp3) is 0.318. The molecule has 0 unspecified atom stereocenters. The number of halogens is 4. The molecule has 0 bridgehead atoms. The van der Waals surface area contributed by atoms with E-state index in [0.717, 1.165) is 25.6 Å². The lowest BCUT2D eigenvalue weighted by atomic mass is 10.0. The highest BCUT2D eigenvalue weighted by atomic mass is 19.3. The molecule has 13 heteroatoms. The van der Waals surface area contributed by atoms with Crippen LogP contribution in [0.3, 0.4) is 0 Å². The Morgan fingerprint density at radius 3 is 2.69 bits per heavy atom. The molecule has 1 saturated heterocycles. The molecule has 4 heterocycles. The van der Waals surface area contributed by atoms with Crippen LogP contribution in [0.25, 0.3) is 22.6 Å². The zero-order valence-electron chi connectivity index (χ0n) is 18.3. The molecule has 0 saturated carbocycles. The van der Waals surface area contributed by atoms with Crippen molar-refractivity contribution in [1.82, 2.24) is 30.6 Å². The molecule has 1 aliphatic heterocycles. The monoisotopic (exact) mass is 491 g/mol. The van der Waals surface area contributed by atoms with E-state index in [9.17, 15) is 18.0 Å². The highest BCUT2D eigenvalue weighted by Crippen LogP contribution is 2.28. The maximum Gasteiger partial charge on any atom is 0.272 e. The molecular weight excluding hydrogens is 470 g/mol. The number of nitrogen functional groups attached to an aromatic ring is 1. The summed E-state index contributed by atoms with van der Waals surface area (Å²) in [5, 5.41) is 5.94. The van der Waals surface area contributed by atoms with Crippen LogP contribution >= 0.6 is 0 Å². The van der Waals surface area contributed by atoms with Crippen molar-refractivity contribution in [3.63, 3.8) is 0 Å². The summed E-state index contributed by atoms with van der Waals surface area (Å²) in [6.07, 6.45) is 1.22. The van der Waals surface area contributed by atoms with Crippen molar-refractivity contribution >= 4 is 11.7 Å². The van der Waals surface area contributed by atoms with Crippen LogP contribution in [0.4, 0.5) is 23.4 Å². The van der Waals surface area contributed by atoms with Gasteiger partial charge in [-0.1, -0.05) is 0 Å². The van der Waals surface area contributed by atoms with Gasteiger partial charge in [0.1, 0.15) is 11.4 Å². The minimum absolute atomic E-state index is 0.0503. The van der Waals surface area contributed by atoms with Gasteiger partial charge in [0.15, 0.2) is 18.2 Å². The topological polar surface area (TPSA) is 128 Å². The summed E-state index contributed by atoms with van der Waals surface area (Å²) in [4.78, 5) is 28.4. The molecule has 1 aliphatic rings. The van der Waals surface area contributed by atoms with Gasteiger partial charge >= 0.3 is 0 Å². The summed E-state index contributed by atoms with van der Waals surface area (Å²) in [6.45, 7) is 0.541. The van der Waals surface area contributed by atoms with Crippen molar-refractivity contribution in [1.29, 1.82) is 0 Å². The molecule has 0 radical (unpaired) electrons. The Kier molecular flexibility index (Phi) is 7.34. The molecule has 4 rings (SSSR count). The SMILES string of the molecule is Nc1ncc(-c2nc(-c3ccc(OCC(F)F)nc3)cc(C(=O)N[C@@H]3CCCNC3)c2F)nc1F. The van der Waals surface area contributed by atoms with Crippen LogP contribution in [0.1, 0.15) is 23.2 Å². The van der Waals surface area contributed by atoms with Gasteiger partial charge in [-0.2, -0.15) is 4.39 Å². The molecule has 4 N–H and O–H groups in total. The van der Waals surface area contributed by atoms with Crippen molar-refractivity contribution in [2.75, 3.05) is 25.4 Å². The molecule has 184 valence electrons. The standard InChI is InChI=1S/C22H21F4N7O2/c23-16(24)10-35-17-4-3-11(7-29-17)14-6-13(22(34)31-12-2-1-5-28-8-12)18(25)19(32-14)15-9-30-21(27)20(26)33-15/h3-4,6-7,9,12,16,28H,1-2,5,8,10H2,(H2,27,30)(H,31,34)/t12-/m1/s1. The van der Waals surface area contributed by atoms with E-state index in [2.05, 4.69) is 30.6 Å². The van der Waals surface area contributed by atoms with Crippen molar-refractivity contribution in [2.45, 2.75) is 25.3 Å². The van der Waals surface area contributed by atoms with Crippen molar-refractivity contribution in [3.8, 4) is 28.5 Å². The third-order valence-electron chi connectivity index (χ3n) is 5.22. The summed E-state index contributed by atoms with van der Waals surface area (Å²) in [5.41, 5.74) is 4.78. The van der Waals surface area contributed by atoms with Gasteiger partial charge in [-0.05, 0) is 31.5 Å². The maximum atomic E-state index is 15.5. The lowest BCUT2D eigenvalue weighted by molar-refractivity contribution is 0.0796. The number of hydrogen-bond acceptors (Lipinski definition) is 8. The minimum Gasteiger partial charge on any atom is -0.472 e. The van der Waals surface area contributed by atoms with Gasteiger partial charge in [0.25, 0.3) is 18.3 Å². The van der Waals surface area contributed by atoms with Crippen LogP contribution in [0.2, 0.25) is 0 Å². The first-order valence-corrected chi connectivity index (χ1v) is 10.7. The van der Waals surface area contributed by atoms with E-state index >= 15 is 4.39 Å². The van der Waals surface area contributed by atoms with Gasteiger partial charge < -0.3 is 21.1 Å². The van der Waals surface area contributed by atoms with E-state index in [1.165, 1.54) is 24.4 Å². The number of nitrogens with one attached hydrogen (secondary N) is 2. The first-order valence-electron chi connectivity index (χ1n) is 10.7. The van der Waals surface area contributed by atoms with E-state index in [4.69, 9.17) is 10.5 Å². The number of nitrogens with two attached hydrogens (primary N) is 1. The Labute approximate surface area is 197 Å². The molecule has 9 nitrogen and oxygen atoms in total. The van der Waals surface area contributed by atoms with E-state index in [-0.39, 0.29) is 28.9 Å². The second-order valence-electron chi connectivity index (χ2n) is 7.75. The third kappa shape index (κ3) is 5.80. The average molecular weight is 491 g/mol. The fourth-order valence-electron chi connectivity index (χ4n) is 3.51. The van der Waals surface area contributed by atoms with E-state index in [1.54, 1.807) is 0 Å². The Balaban J connectivity index is 1.73. The number of rotatable bonds is 7. The summed E-state index contributed by atoms with van der Waals surface area (Å²) < 4.78 is 59.0. The number of carbonyl (C=O) groups is 1. The van der Waals surface area contributed by atoms with Crippen LogP contribution in [-0.2, 0) is 0 Å². The molecule has 0 spiro atoms. The van der Waals surface area contributed by atoms with Gasteiger partial charge in [-0.25, -0.2) is 33.1 Å².